The van der Waals surface area contributed by atoms with E-state index in [-0.39, 0.29) is 0 Å². The molecule has 0 aliphatic rings. The van der Waals surface area contributed by atoms with Gasteiger partial charge in [0.2, 0.25) is 11.8 Å². The molecule has 6 nitrogen and oxygen atoms in total. The van der Waals surface area contributed by atoms with Gasteiger partial charge in [0.25, 0.3) is 0 Å². The van der Waals surface area contributed by atoms with Gasteiger partial charge >= 0.3 is 0 Å². The molecule has 0 aliphatic carbocycles. The van der Waals surface area contributed by atoms with E-state index in [1.807, 2.05) is 20.0 Å². The molecule has 2 aromatic rings. The molecular weight excluding hydrogens is 230 g/mol. The van der Waals surface area contributed by atoms with Crippen molar-refractivity contribution >= 4 is 5.82 Å². The summed E-state index contributed by atoms with van der Waals surface area (Å²) in [4.78, 5) is 8.14. The van der Waals surface area contributed by atoms with Crippen molar-refractivity contribution in [1.82, 2.24) is 19.7 Å². The van der Waals surface area contributed by atoms with Crippen molar-refractivity contribution in [2.45, 2.75) is 26.7 Å². The van der Waals surface area contributed by atoms with Crippen molar-refractivity contribution < 1.29 is 4.74 Å². The van der Waals surface area contributed by atoms with Crippen LogP contribution in [0.5, 0.6) is 11.8 Å². The van der Waals surface area contributed by atoms with Gasteiger partial charge in [0, 0.05) is 13.1 Å². The Bertz CT molecular complexity index is 549. The fourth-order valence-electron chi connectivity index (χ4n) is 1.76. The maximum atomic E-state index is 5.85. The molecule has 0 aromatic carbocycles. The number of anilines is 1. The summed E-state index contributed by atoms with van der Waals surface area (Å²) in [6.07, 6.45) is 3.16. The van der Waals surface area contributed by atoms with E-state index in [9.17, 15) is 0 Å². The van der Waals surface area contributed by atoms with Gasteiger partial charge in [-0.25, -0.2) is 14.6 Å². The van der Waals surface area contributed by atoms with Crippen LogP contribution >= 0.6 is 0 Å². The average molecular weight is 247 g/mol. The van der Waals surface area contributed by atoms with E-state index < -0.39 is 0 Å². The zero-order valence-electron chi connectivity index (χ0n) is 10.8. The molecule has 0 fully saturated rings. The number of aromatic nitrogens is 4. The number of nitrogens with two attached hydrogens (primary N) is 1. The van der Waals surface area contributed by atoms with Crippen molar-refractivity contribution in [3.05, 3.63) is 23.7 Å². The average Bonchev–Trinajstić information content (AvgIpc) is 2.62. The fraction of sp³-hybridized carbons (Fsp3) is 0.417. The minimum atomic E-state index is 0.473. The Labute approximate surface area is 106 Å². The van der Waals surface area contributed by atoms with Crippen LogP contribution in [-0.4, -0.2) is 19.7 Å². The number of nitrogens with zero attached hydrogens (tertiary/aromatic N) is 4. The molecular formula is C12H17N5O. The highest BCUT2D eigenvalue weighted by molar-refractivity contribution is 5.45. The molecule has 0 atom stereocenters. The Hall–Kier alpha value is -2.11. The quantitative estimate of drug-likeness (QED) is 0.891. The van der Waals surface area contributed by atoms with Gasteiger partial charge in [-0.1, -0.05) is 13.3 Å². The molecule has 0 bridgehead atoms. The van der Waals surface area contributed by atoms with E-state index in [0.29, 0.717) is 17.6 Å². The van der Waals surface area contributed by atoms with Crippen molar-refractivity contribution in [1.29, 1.82) is 0 Å². The fourth-order valence-corrected chi connectivity index (χ4v) is 1.76. The number of hydrogen-bond acceptors (Lipinski definition) is 5. The van der Waals surface area contributed by atoms with E-state index in [4.69, 9.17) is 10.5 Å². The molecule has 2 aromatic heterocycles. The Morgan fingerprint density at radius 1 is 1.39 bits per heavy atom. The summed E-state index contributed by atoms with van der Waals surface area (Å²) < 4.78 is 7.43. The maximum absolute atomic E-state index is 5.85. The summed E-state index contributed by atoms with van der Waals surface area (Å²) in [6, 6.07) is 1.86. The van der Waals surface area contributed by atoms with Crippen LogP contribution in [0.2, 0.25) is 0 Å². The highest BCUT2D eigenvalue weighted by Crippen LogP contribution is 2.26. The lowest BCUT2D eigenvalue weighted by atomic mass is 10.2. The van der Waals surface area contributed by atoms with Gasteiger partial charge in [-0.2, -0.15) is 5.10 Å². The number of ether oxygens (including phenoxy) is 1. The Kier molecular flexibility index (Phi) is 3.45. The standard InChI is InChI=1S/C12H17N5O/c1-4-5-9-11(13)14-7-15-12(9)18-10-6-8(2)16-17(10)3/h6-7H,4-5H2,1-3H3,(H2,13,14,15). The molecule has 0 radical (unpaired) electrons. The van der Waals surface area contributed by atoms with Crippen LogP contribution in [-0.2, 0) is 13.5 Å². The first-order valence-corrected chi connectivity index (χ1v) is 5.89. The third kappa shape index (κ3) is 2.42. The van der Waals surface area contributed by atoms with Gasteiger partial charge in [0.1, 0.15) is 12.1 Å². The van der Waals surface area contributed by atoms with Crippen LogP contribution in [0, 0.1) is 6.92 Å². The predicted octanol–water partition coefficient (Wildman–Crippen LogP) is 1.85. The van der Waals surface area contributed by atoms with E-state index in [0.717, 1.165) is 24.1 Å². The molecule has 0 saturated heterocycles. The van der Waals surface area contributed by atoms with E-state index in [1.54, 1.807) is 4.68 Å². The molecule has 96 valence electrons. The second-order valence-corrected chi connectivity index (χ2v) is 4.14. The van der Waals surface area contributed by atoms with Crippen LogP contribution in [0.4, 0.5) is 5.82 Å². The first-order valence-electron chi connectivity index (χ1n) is 5.89. The van der Waals surface area contributed by atoms with Crippen LogP contribution in [0.1, 0.15) is 24.6 Å². The number of rotatable bonds is 4. The Morgan fingerprint density at radius 3 is 2.78 bits per heavy atom. The van der Waals surface area contributed by atoms with Gasteiger partial charge in [-0.05, 0) is 13.3 Å². The molecule has 2 heterocycles. The molecule has 18 heavy (non-hydrogen) atoms. The number of hydrogen-bond donors (Lipinski definition) is 1. The molecule has 0 spiro atoms. The smallest absolute Gasteiger partial charge is 0.229 e. The third-order valence-corrected chi connectivity index (χ3v) is 2.60. The zero-order valence-corrected chi connectivity index (χ0v) is 10.8. The first kappa shape index (κ1) is 12.3. The third-order valence-electron chi connectivity index (χ3n) is 2.60. The van der Waals surface area contributed by atoms with Gasteiger partial charge in [-0.15, -0.1) is 0 Å². The molecule has 0 saturated carbocycles. The van der Waals surface area contributed by atoms with Crippen molar-refractivity contribution in [3.63, 3.8) is 0 Å². The topological polar surface area (TPSA) is 78.8 Å². The summed E-state index contributed by atoms with van der Waals surface area (Å²) in [5, 5.41) is 4.22. The molecule has 0 unspecified atom stereocenters. The first-order chi connectivity index (χ1) is 8.61. The Balaban J connectivity index is 2.34. The summed E-state index contributed by atoms with van der Waals surface area (Å²) in [5.74, 6) is 1.62. The van der Waals surface area contributed by atoms with Gasteiger partial charge in [0.15, 0.2) is 0 Å². The second-order valence-electron chi connectivity index (χ2n) is 4.14. The van der Waals surface area contributed by atoms with E-state index in [2.05, 4.69) is 22.0 Å². The van der Waals surface area contributed by atoms with Crippen LogP contribution in [0.15, 0.2) is 12.4 Å². The lowest BCUT2D eigenvalue weighted by molar-refractivity contribution is 0.409. The number of aryl methyl sites for hydroxylation is 2. The largest absolute Gasteiger partial charge is 0.420 e. The molecule has 6 heteroatoms. The molecule has 0 aliphatic heterocycles. The van der Waals surface area contributed by atoms with Gasteiger partial charge < -0.3 is 10.5 Å². The molecule has 2 N–H and O–H groups in total. The van der Waals surface area contributed by atoms with Gasteiger partial charge in [-0.3, -0.25) is 0 Å². The summed E-state index contributed by atoms with van der Waals surface area (Å²) >= 11 is 0. The zero-order chi connectivity index (χ0) is 13.1. The summed E-state index contributed by atoms with van der Waals surface area (Å²) in [6.45, 7) is 3.98. The van der Waals surface area contributed by atoms with Crippen molar-refractivity contribution in [2.75, 3.05) is 5.73 Å². The minimum Gasteiger partial charge on any atom is -0.420 e. The predicted molar refractivity (Wildman–Crippen MR) is 68.5 cm³/mol. The lowest BCUT2D eigenvalue weighted by Gasteiger charge is -2.10. The van der Waals surface area contributed by atoms with E-state index >= 15 is 0 Å². The van der Waals surface area contributed by atoms with Crippen LogP contribution < -0.4 is 10.5 Å². The SMILES string of the molecule is CCCc1c(N)ncnc1Oc1cc(C)nn1C. The summed E-state index contributed by atoms with van der Waals surface area (Å²) in [7, 11) is 1.83. The second kappa shape index (κ2) is 5.03. The normalized spacial score (nSPS) is 10.6. The lowest BCUT2D eigenvalue weighted by Crippen LogP contribution is -2.04. The maximum Gasteiger partial charge on any atom is 0.229 e. The van der Waals surface area contributed by atoms with Crippen LogP contribution in [0.3, 0.4) is 0 Å². The minimum absolute atomic E-state index is 0.473. The number of nitrogen functional groups attached to an aromatic ring is 1. The van der Waals surface area contributed by atoms with Crippen molar-refractivity contribution in [2.24, 2.45) is 7.05 Å². The van der Waals surface area contributed by atoms with Crippen molar-refractivity contribution in [3.8, 4) is 11.8 Å². The monoisotopic (exact) mass is 247 g/mol. The molecule has 2 rings (SSSR count). The Morgan fingerprint density at radius 2 is 2.17 bits per heavy atom. The summed E-state index contributed by atoms with van der Waals surface area (Å²) in [5.41, 5.74) is 7.59. The van der Waals surface area contributed by atoms with Crippen LogP contribution in [0.25, 0.3) is 0 Å². The van der Waals surface area contributed by atoms with Gasteiger partial charge in [0.05, 0.1) is 11.3 Å². The highest BCUT2D eigenvalue weighted by atomic mass is 16.5. The highest BCUT2D eigenvalue weighted by Gasteiger charge is 2.12. The van der Waals surface area contributed by atoms with E-state index in [1.165, 1.54) is 6.33 Å². The molecule has 0 amide bonds.